The van der Waals surface area contributed by atoms with Gasteiger partial charge in [0.15, 0.2) is 0 Å². The van der Waals surface area contributed by atoms with Gasteiger partial charge in [-0.05, 0) is 50.2 Å². The molecule has 1 fully saturated rings. The summed E-state index contributed by atoms with van der Waals surface area (Å²) in [7, 11) is 0. The van der Waals surface area contributed by atoms with Crippen LogP contribution < -0.4 is 15.0 Å². The van der Waals surface area contributed by atoms with Gasteiger partial charge in [0, 0.05) is 37.9 Å². The summed E-state index contributed by atoms with van der Waals surface area (Å²) in [4.78, 5) is 33.4. The van der Waals surface area contributed by atoms with Gasteiger partial charge >= 0.3 is 0 Å². The standard InChI is InChI=1S/C21H26N4O3/c1-3-28-18-9-7-17(8-10-18)20(26)23-16(2)21(27)25-14-12-24(13-15-25)19-6-4-5-11-22-19/h4-11,16H,3,12-15H2,1-2H3,(H,23,26)/t16-/m0/s1. The Labute approximate surface area is 165 Å². The molecule has 7 heteroatoms. The van der Waals surface area contributed by atoms with Crippen molar-refractivity contribution in [2.45, 2.75) is 19.9 Å². The Bertz CT molecular complexity index is 787. The first-order valence-electron chi connectivity index (χ1n) is 9.57. The van der Waals surface area contributed by atoms with Crippen molar-refractivity contribution in [1.82, 2.24) is 15.2 Å². The van der Waals surface area contributed by atoms with Crippen LogP contribution in [-0.2, 0) is 4.79 Å². The molecule has 2 amide bonds. The van der Waals surface area contributed by atoms with Crippen LogP contribution in [0.3, 0.4) is 0 Å². The molecule has 28 heavy (non-hydrogen) atoms. The van der Waals surface area contributed by atoms with Gasteiger partial charge in [-0.2, -0.15) is 0 Å². The van der Waals surface area contributed by atoms with Crippen LogP contribution in [-0.4, -0.2) is 60.5 Å². The molecule has 1 N–H and O–H groups in total. The van der Waals surface area contributed by atoms with Gasteiger partial charge in [0.2, 0.25) is 5.91 Å². The SMILES string of the molecule is CCOc1ccc(C(=O)N[C@@H](C)C(=O)N2CCN(c3ccccn3)CC2)cc1. The van der Waals surface area contributed by atoms with Gasteiger partial charge in [-0.25, -0.2) is 4.98 Å². The molecular weight excluding hydrogens is 356 g/mol. The fourth-order valence-electron chi connectivity index (χ4n) is 3.18. The van der Waals surface area contributed by atoms with Crippen LogP contribution in [0.4, 0.5) is 5.82 Å². The van der Waals surface area contributed by atoms with E-state index in [4.69, 9.17) is 4.74 Å². The molecule has 0 bridgehead atoms. The van der Waals surface area contributed by atoms with Gasteiger partial charge < -0.3 is 19.9 Å². The highest BCUT2D eigenvalue weighted by atomic mass is 16.5. The van der Waals surface area contributed by atoms with E-state index >= 15 is 0 Å². The molecule has 2 aromatic rings. The Kier molecular flexibility index (Phi) is 6.47. The highest BCUT2D eigenvalue weighted by Gasteiger charge is 2.26. The van der Waals surface area contributed by atoms with Gasteiger partial charge in [0.05, 0.1) is 6.61 Å². The lowest BCUT2D eigenvalue weighted by molar-refractivity contribution is -0.133. The smallest absolute Gasteiger partial charge is 0.251 e. The Morgan fingerprint density at radius 2 is 1.82 bits per heavy atom. The molecule has 2 heterocycles. The number of ether oxygens (including phenoxy) is 1. The summed E-state index contributed by atoms with van der Waals surface area (Å²) in [5, 5.41) is 2.79. The number of carbonyl (C=O) groups excluding carboxylic acids is 2. The van der Waals surface area contributed by atoms with Crippen molar-refractivity contribution in [3.63, 3.8) is 0 Å². The maximum absolute atomic E-state index is 12.7. The lowest BCUT2D eigenvalue weighted by Crippen LogP contribution is -2.54. The number of carbonyl (C=O) groups is 2. The summed E-state index contributed by atoms with van der Waals surface area (Å²) >= 11 is 0. The average Bonchev–Trinajstić information content (AvgIpc) is 2.74. The van der Waals surface area contributed by atoms with Crippen LogP contribution in [0.15, 0.2) is 48.7 Å². The van der Waals surface area contributed by atoms with Crippen molar-refractivity contribution in [3.8, 4) is 5.75 Å². The largest absolute Gasteiger partial charge is 0.494 e. The van der Waals surface area contributed by atoms with E-state index in [2.05, 4.69) is 15.2 Å². The molecule has 0 radical (unpaired) electrons. The van der Waals surface area contributed by atoms with Crippen LogP contribution in [0.1, 0.15) is 24.2 Å². The van der Waals surface area contributed by atoms with Crippen molar-refractivity contribution in [2.75, 3.05) is 37.7 Å². The second-order valence-corrected chi connectivity index (χ2v) is 6.65. The van der Waals surface area contributed by atoms with Crippen molar-refractivity contribution < 1.29 is 14.3 Å². The summed E-state index contributed by atoms with van der Waals surface area (Å²) in [5.74, 6) is 1.30. The molecule has 7 nitrogen and oxygen atoms in total. The van der Waals surface area contributed by atoms with E-state index in [1.807, 2.05) is 25.1 Å². The Balaban J connectivity index is 1.51. The fourth-order valence-corrected chi connectivity index (χ4v) is 3.18. The number of benzene rings is 1. The molecule has 1 aromatic carbocycles. The summed E-state index contributed by atoms with van der Waals surface area (Å²) in [6.07, 6.45) is 1.77. The number of nitrogens with zero attached hydrogens (tertiary/aromatic N) is 3. The Morgan fingerprint density at radius 1 is 1.11 bits per heavy atom. The first-order chi connectivity index (χ1) is 13.6. The third-order valence-corrected chi connectivity index (χ3v) is 4.71. The van der Waals surface area contributed by atoms with Gasteiger partial charge in [-0.1, -0.05) is 6.07 Å². The third kappa shape index (κ3) is 4.79. The Morgan fingerprint density at radius 3 is 2.43 bits per heavy atom. The van der Waals surface area contributed by atoms with Gasteiger partial charge in [-0.15, -0.1) is 0 Å². The number of aromatic nitrogens is 1. The molecule has 0 spiro atoms. The normalized spacial score (nSPS) is 15.1. The molecule has 1 aliphatic heterocycles. The van der Waals surface area contributed by atoms with Gasteiger partial charge in [0.1, 0.15) is 17.6 Å². The zero-order valence-electron chi connectivity index (χ0n) is 16.3. The predicted octanol–water partition coefficient (Wildman–Crippen LogP) is 1.95. The molecule has 1 saturated heterocycles. The maximum atomic E-state index is 12.7. The van der Waals surface area contributed by atoms with Crippen LogP contribution in [0.25, 0.3) is 0 Å². The Hall–Kier alpha value is -3.09. The van der Waals surface area contributed by atoms with E-state index in [1.54, 1.807) is 42.3 Å². The van der Waals surface area contributed by atoms with Crippen LogP contribution in [0.2, 0.25) is 0 Å². The van der Waals surface area contributed by atoms with E-state index < -0.39 is 6.04 Å². The highest BCUT2D eigenvalue weighted by molar-refractivity contribution is 5.97. The lowest BCUT2D eigenvalue weighted by atomic mass is 10.1. The van der Waals surface area contributed by atoms with Crippen molar-refractivity contribution in [3.05, 3.63) is 54.2 Å². The zero-order valence-corrected chi connectivity index (χ0v) is 16.3. The zero-order chi connectivity index (χ0) is 19.9. The molecule has 0 saturated carbocycles. The molecule has 0 unspecified atom stereocenters. The first kappa shape index (κ1) is 19.7. The minimum Gasteiger partial charge on any atom is -0.494 e. The van der Waals surface area contributed by atoms with Crippen molar-refractivity contribution in [2.24, 2.45) is 0 Å². The topological polar surface area (TPSA) is 74.8 Å². The first-order valence-corrected chi connectivity index (χ1v) is 9.57. The number of hydrogen-bond acceptors (Lipinski definition) is 5. The molecular formula is C21H26N4O3. The van der Waals surface area contributed by atoms with Gasteiger partial charge in [-0.3, -0.25) is 9.59 Å². The van der Waals surface area contributed by atoms with Crippen molar-refractivity contribution in [1.29, 1.82) is 0 Å². The number of hydrogen-bond donors (Lipinski definition) is 1. The number of anilines is 1. The summed E-state index contributed by atoms with van der Waals surface area (Å²) in [6.45, 7) is 6.87. The third-order valence-electron chi connectivity index (χ3n) is 4.71. The second kappa shape index (κ2) is 9.21. The average molecular weight is 382 g/mol. The summed E-state index contributed by atoms with van der Waals surface area (Å²) in [6, 6.07) is 12.1. The number of amides is 2. The summed E-state index contributed by atoms with van der Waals surface area (Å²) in [5.41, 5.74) is 0.503. The maximum Gasteiger partial charge on any atom is 0.251 e. The quantitative estimate of drug-likeness (QED) is 0.827. The second-order valence-electron chi connectivity index (χ2n) is 6.65. The van der Waals surface area contributed by atoms with Gasteiger partial charge in [0.25, 0.3) is 5.91 Å². The van der Waals surface area contributed by atoms with E-state index in [-0.39, 0.29) is 11.8 Å². The molecule has 1 aromatic heterocycles. The van der Waals surface area contributed by atoms with E-state index in [0.29, 0.717) is 31.0 Å². The molecule has 1 atom stereocenters. The van der Waals surface area contributed by atoms with E-state index in [9.17, 15) is 9.59 Å². The molecule has 1 aliphatic rings. The van der Waals surface area contributed by atoms with Crippen molar-refractivity contribution >= 4 is 17.6 Å². The summed E-state index contributed by atoms with van der Waals surface area (Å²) < 4.78 is 5.38. The number of pyridine rings is 1. The number of piperazine rings is 1. The minimum atomic E-state index is -0.583. The highest BCUT2D eigenvalue weighted by Crippen LogP contribution is 2.14. The fraction of sp³-hybridized carbons (Fsp3) is 0.381. The number of nitrogens with one attached hydrogen (secondary N) is 1. The number of rotatable bonds is 6. The lowest BCUT2D eigenvalue weighted by Gasteiger charge is -2.36. The monoisotopic (exact) mass is 382 g/mol. The van der Waals surface area contributed by atoms with Crippen LogP contribution in [0, 0.1) is 0 Å². The van der Waals surface area contributed by atoms with E-state index in [1.165, 1.54) is 0 Å². The van der Waals surface area contributed by atoms with Crippen LogP contribution in [0.5, 0.6) is 5.75 Å². The minimum absolute atomic E-state index is 0.0695. The van der Waals surface area contributed by atoms with Crippen LogP contribution >= 0.6 is 0 Å². The molecule has 0 aliphatic carbocycles. The molecule has 148 valence electrons. The van der Waals surface area contributed by atoms with E-state index in [0.717, 1.165) is 18.9 Å². The predicted molar refractivity (Wildman–Crippen MR) is 108 cm³/mol. The molecule has 3 rings (SSSR count).